The van der Waals surface area contributed by atoms with Gasteiger partial charge in [0, 0.05) is 24.1 Å². The summed E-state index contributed by atoms with van der Waals surface area (Å²) in [5.41, 5.74) is 6.07. The predicted octanol–water partition coefficient (Wildman–Crippen LogP) is 0.754. The molecule has 2 N–H and O–H groups in total. The molecule has 2 fully saturated rings. The zero-order chi connectivity index (χ0) is 12.6. The van der Waals surface area contributed by atoms with Crippen molar-refractivity contribution < 1.29 is 13.2 Å². The predicted molar refractivity (Wildman–Crippen MR) is 66.2 cm³/mol. The van der Waals surface area contributed by atoms with Crippen molar-refractivity contribution in [3.63, 3.8) is 0 Å². The highest BCUT2D eigenvalue weighted by Gasteiger charge is 2.48. The first-order valence-electron chi connectivity index (χ1n) is 6.43. The molecule has 2 saturated carbocycles. The molecular weight excluding hydrogens is 238 g/mol. The molecule has 0 radical (unpaired) electrons. The van der Waals surface area contributed by atoms with Gasteiger partial charge < -0.3 is 5.73 Å². The highest BCUT2D eigenvalue weighted by molar-refractivity contribution is 7.91. The molecule has 0 aromatic carbocycles. The highest BCUT2D eigenvalue weighted by atomic mass is 32.2. The number of sulfone groups is 1. The van der Waals surface area contributed by atoms with E-state index in [1.807, 2.05) is 0 Å². The summed E-state index contributed by atoms with van der Waals surface area (Å²) in [6.07, 6.45) is 3.45. The molecule has 0 aliphatic heterocycles. The number of hydrogen-bond donors (Lipinski definition) is 1. The lowest BCUT2D eigenvalue weighted by atomic mass is 9.81. The zero-order valence-electron chi connectivity index (χ0n) is 10.3. The van der Waals surface area contributed by atoms with Crippen LogP contribution >= 0.6 is 0 Å². The first-order chi connectivity index (χ1) is 7.94. The van der Waals surface area contributed by atoms with Gasteiger partial charge in [-0.1, -0.05) is 6.92 Å². The maximum Gasteiger partial charge on any atom is 0.150 e. The minimum absolute atomic E-state index is 0.0110. The van der Waals surface area contributed by atoms with Crippen molar-refractivity contribution in [1.29, 1.82) is 0 Å². The lowest BCUT2D eigenvalue weighted by molar-refractivity contribution is -0.124. The van der Waals surface area contributed by atoms with Crippen molar-refractivity contribution in [2.45, 2.75) is 38.6 Å². The normalized spacial score (nSPS) is 36.4. The quantitative estimate of drug-likeness (QED) is 0.790. The SMILES string of the molecule is CCS(=O)(=O)CCC(=O)C1C2CCC(C2)C1N. The van der Waals surface area contributed by atoms with E-state index in [0.717, 1.165) is 19.3 Å². The van der Waals surface area contributed by atoms with Crippen LogP contribution in [0.15, 0.2) is 0 Å². The summed E-state index contributed by atoms with van der Waals surface area (Å²) in [5, 5.41) is 0. The number of Topliss-reactive ketones (excluding diaryl/α,β-unsaturated/α-hetero) is 1. The Kier molecular flexibility index (Phi) is 3.59. The standard InChI is InChI=1S/C12H21NO3S/c1-2-17(15,16)6-5-10(14)11-8-3-4-9(7-8)12(11)13/h8-9,11-12H,2-7,13H2,1H3. The lowest BCUT2D eigenvalue weighted by Gasteiger charge is -2.26. The van der Waals surface area contributed by atoms with Crippen LogP contribution < -0.4 is 5.73 Å². The van der Waals surface area contributed by atoms with E-state index >= 15 is 0 Å². The van der Waals surface area contributed by atoms with E-state index in [-0.39, 0.29) is 35.7 Å². The van der Waals surface area contributed by atoms with Gasteiger partial charge in [0.1, 0.15) is 15.6 Å². The van der Waals surface area contributed by atoms with Crippen molar-refractivity contribution in [2.24, 2.45) is 23.5 Å². The summed E-state index contributed by atoms with van der Waals surface area (Å²) < 4.78 is 22.8. The van der Waals surface area contributed by atoms with Crippen molar-refractivity contribution in [3.8, 4) is 0 Å². The summed E-state index contributed by atoms with van der Waals surface area (Å²) in [7, 11) is -3.04. The van der Waals surface area contributed by atoms with Crippen LogP contribution in [-0.2, 0) is 14.6 Å². The van der Waals surface area contributed by atoms with Crippen LogP contribution in [0.1, 0.15) is 32.6 Å². The molecule has 4 nitrogen and oxygen atoms in total. The molecule has 4 unspecified atom stereocenters. The van der Waals surface area contributed by atoms with Crippen LogP contribution in [0.25, 0.3) is 0 Å². The fraction of sp³-hybridized carbons (Fsp3) is 0.917. The fourth-order valence-corrected chi connectivity index (χ4v) is 4.18. The number of ketones is 1. The molecule has 2 aliphatic carbocycles. The van der Waals surface area contributed by atoms with Gasteiger partial charge in [0.2, 0.25) is 0 Å². The van der Waals surface area contributed by atoms with Crippen LogP contribution in [0.5, 0.6) is 0 Å². The number of hydrogen-bond acceptors (Lipinski definition) is 4. The Hall–Kier alpha value is -0.420. The maximum absolute atomic E-state index is 12.1. The van der Waals surface area contributed by atoms with Crippen LogP contribution in [-0.4, -0.2) is 31.7 Å². The Morgan fingerprint density at radius 2 is 1.94 bits per heavy atom. The van der Waals surface area contributed by atoms with Gasteiger partial charge in [-0.15, -0.1) is 0 Å². The van der Waals surface area contributed by atoms with E-state index in [0.29, 0.717) is 11.8 Å². The van der Waals surface area contributed by atoms with Gasteiger partial charge in [-0.3, -0.25) is 4.79 Å². The summed E-state index contributed by atoms with van der Waals surface area (Å²) in [6, 6.07) is -0.0226. The average molecular weight is 259 g/mol. The Morgan fingerprint density at radius 3 is 2.47 bits per heavy atom. The first-order valence-corrected chi connectivity index (χ1v) is 8.25. The Bertz CT molecular complexity index is 402. The van der Waals surface area contributed by atoms with Crippen molar-refractivity contribution >= 4 is 15.6 Å². The maximum atomic E-state index is 12.1. The molecule has 2 rings (SSSR count). The third-order valence-electron chi connectivity index (χ3n) is 4.45. The number of nitrogens with two attached hydrogens (primary N) is 1. The molecule has 0 heterocycles. The Morgan fingerprint density at radius 1 is 1.29 bits per heavy atom. The van der Waals surface area contributed by atoms with Gasteiger partial charge in [0.15, 0.2) is 0 Å². The molecule has 17 heavy (non-hydrogen) atoms. The Balaban J connectivity index is 1.93. The second kappa shape index (κ2) is 4.69. The summed E-state index contributed by atoms with van der Waals surface area (Å²) >= 11 is 0. The molecule has 5 heteroatoms. The van der Waals surface area contributed by atoms with Gasteiger partial charge in [0.25, 0.3) is 0 Å². The van der Waals surface area contributed by atoms with E-state index in [4.69, 9.17) is 5.73 Å². The van der Waals surface area contributed by atoms with Gasteiger partial charge in [-0.2, -0.15) is 0 Å². The van der Waals surface area contributed by atoms with Crippen LogP contribution in [0.4, 0.5) is 0 Å². The largest absolute Gasteiger partial charge is 0.327 e. The van der Waals surface area contributed by atoms with Crippen molar-refractivity contribution in [3.05, 3.63) is 0 Å². The second-order valence-corrected chi connectivity index (χ2v) is 7.86. The van der Waals surface area contributed by atoms with Crippen molar-refractivity contribution in [2.75, 3.05) is 11.5 Å². The Labute approximate surface area is 103 Å². The van der Waals surface area contributed by atoms with Crippen molar-refractivity contribution in [1.82, 2.24) is 0 Å². The molecule has 0 amide bonds. The molecule has 4 atom stereocenters. The molecule has 98 valence electrons. The van der Waals surface area contributed by atoms with Crippen LogP contribution in [0, 0.1) is 17.8 Å². The highest BCUT2D eigenvalue weighted by Crippen LogP contribution is 2.48. The monoisotopic (exact) mass is 259 g/mol. The molecule has 0 aromatic heterocycles. The van der Waals surface area contributed by atoms with Gasteiger partial charge in [-0.25, -0.2) is 8.42 Å². The lowest BCUT2D eigenvalue weighted by Crippen LogP contribution is -2.40. The van der Waals surface area contributed by atoms with Crippen LogP contribution in [0.3, 0.4) is 0 Å². The zero-order valence-corrected chi connectivity index (χ0v) is 11.1. The van der Waals surface area contributed by atoms with E-state index in [1.165, 1.54) is 0 Å². The number of rotatable bonds is 5. The topological polar surface area (TPSA) is 77.2 Å². The van der Waals surface area contributed by atoms with Gasteiger partial charge >= 0.3 is 0 Å². The van der Waals surface area contributed by atoms with E-state index in [1.54, 1.807) is 6.92 Å². The fourth-order valence-electron chi connectivity index (χ4n) is 3.38. The average Bonchev–Trinajstić information content (AvgIpc) is 2.86. The third-order valence-corrected chi connectivity index (χ3v) is 6.16. The smallest absolute Gasteiger partial charge is 0.150 e. The number of carbonyl (C=O) groups excluding carboxylic acids is 1. The minimum Gasteiger partial charge on any atom is -0.327 e. The molecular formula is C12H21NO3S. The molecule has 2 aliphatic rings. The third kappa shape index (κ3) is 2.55. The number of fused-ring (bicyclic) bond motifs is 2. The van der Waals surface area contributed by atoms with Gasteiger partial charge in [0.05, 0.1) is 5.75 Å². The van der Waals surface area contributed by atoms with E-state index in [2.05, 4.69) is 0 Å². The minimum atomic E-state index is -3.04. The van der Waals surface area contributed by atoms with E-state index in [9.17, 15) is 13.2 Å². The first kappa shape index (κ1) is 13.0. The van der Waals surface area contributed by atoms with E-state index < -0.39 is 9.84 Å². The molecule has 2 bridgehead atoms. The number of carbonyl (C=O) groups is 1. The molecule has 0 saturated heterocycles. The summed E-state index contributed by atoms with van der Waals surface area (Å²) in [5.74, 6) is 1.03. The summed E-state index contributed by atoms with van der Waals surface area (Å²) in [6.45, 7) is 1.61. The molecule has 0 aromatic rings. The summed E-state index contributed by atoms with van der Waals surface area (Å²) in [4.78, 5) is 12.1. The van der Waals surface area contributed by atoms with Crippen LogP contribution in [0.2, 0.25) is 0 Å². The van der Waals surface area contributed by atoms with Gasteiger partial charge in [-0.05, 0) is 31.1 Å². The molecule has 0 spiro atoms. The second-order valence-electron chi connectivity index (χ2n) is 5.39.